The molecule has 1 heterocycles. The predicted molar refractivity (Wildman–Crippen MR) is 62.5 cm³/mol. The van der Waals surface area contributed by atoms with Gasteiger partial charge in [0.25, 0.3) is 0 Å². The van der Waals surface area contributed by atoms with Crippen LogP contribution in [0.25, 0.3) is 0 Å². The van der Waals surface area contributed by atoms with Crippen molar-refractivity contribution in [1.82, 2.24) is 4.98 Å². The van der Waals surface area contributed by atoms with Gasteiger partial charge in [0.05, 0.1) is 12.4 Å². The Morgan fingerprint density at radius 2 is 2.25 bits per heavy atom. The van der Waals surface area contributed by atoms with Gasteiger partial charge in [0, 0.05) is 18.3 Å². The minimum absolute atomic E-state index is 0.00670. The van der Waals surface area contributed by atoms with Crippen LogP contribution in [0, 0.1) is 0 Å². The fourth-order valence-corrected chi connectivity index (χ4v) is 1.35. The van der Waals surface area contributed by atoms with Crippen molar-refractivity contribution >= 4 is 0 Å². The van der Waals surface area contributed by atoms with Crippen LogP contribution in [0.4, 0.5) is 4.39 Å². The summed E-state index contributed by atoms with van der Waals surface area (Å²) in [5.41, 5.74) is 2.54. The van der Waals surface area contributed by atoms with Crippen molar-refractivity contribution in [3.63, 3.8) is 0 Å². The van der Waals surface area contributed by atoms with Crippen LogP contribution in [-0.4, -0.2) is 10.1 Å². The lowest BCUT2D eigenvalue weighted by Gasteiger charge is -2.02. The van der Waals surface area contributed by atoms with Crippen LogP contribution in [-0.2, 0) is 13.0 Å². The van der Waals surface area contributed by atoms with E-state index in [2.05, 4.69) is 4.98 Å². The molecule has 0 unspecified atom stereocenters. The predicted octanol–water partition coefficient (Wildman–Crippen LogP) is 2.94. The van der Waals surface area contributed by atoms with Crippen molar-refractivity contribution in [1.29, 1.82) is 0 Å². The molecule has 3 heteroatoms. The smallest absolute Gasteiger partial charge is 0.0971 e. The number of hydrogen-bond acceptors (Lipinski definition) is 2. The van der Waals surface area contributed by atoms with E-state index in [-0.39, 0.29) is 12.4 Å². The molecular formula is C13H16FNO. The Labute approximate surface area is 95.2 Å². The summed E-state index contributed by atoms with van der Waals surface area (Å²) in [6, 6.07) is 3.66. The van der Waals surface area contributed by atoms with Gasteiger partial charge >= 0.3 is 0 Å². The van der Waals surface area contributed by atoms with Crippen molar-refractivity contribution in [3.8, 4) is 0 Å². The number of halogens is 1. The first kappa shape index (κ1) is 12.6. The summed E-state index contributed by atoms with van der Waals surface area (Å²) in [4.78, 5) is 4.19. The van der Waals surface area contributed by atoms with Crippen LogP contribution in [0.5, 0.6) is 0 Å². The summed E-state index contributed by atoms with van der Waals surface area (Å²) in [5.74, 6) is -0.208. The Morgan fingerprint density at radius 1 is 1.50 bits per heavy atom. The van der Waals surface area contributed by atoms with Crippen molar-refractivity contribution in [2.45, 2.75) is 26.9 Å². The monoisotopic (exact) mass is 221 g/mol. The first-order valence-corrected chi connectivity index (χ1v) is 5.19. The summed E-state index contributed by atoms with van der Waals surface area (Å²) in [6.45, 7) is 3.29. The average Bonchev–Trinajstić information content (AvgIpc) is 2.28. The molecule has 1 aromatic heterocycles. The topological polar surface area (TPSA) is 33.1 Å². The van der Waals surface area contributed by atoms with Crippen molar-refractivity contribution < 1.29 is 9.50 Å². The first-order chi connectivity index (χ1) is 7.65. The molecular weight excluding hydrogens is 205 g/mol. The van der Waals surface area contributed by atoms with E-state index in [4.69, 9.17) is 5.11 Å². The van der Waals surface area contributed by atoms with E-state index >= 15 is 0 Å². The van der Waals surface area contributed by atoms with Crippen LogP contribution in [0.1, 0.15) is 25.1 Å². The Bertz CT molecular complexity index is 389. The van der Waals surface area contributed by atoms with E-state index < -0.39 is 0 Å². The third-order valence-corrected chi connectivity index (χ3v) is 2.21. The zero-order valence-electron chi connectivity index (χ0n) is 9.57. The summed E-state index contributed by atoms with van der Waals surface area (Å²) >= 11 is 0. The maximum Gasteiger partial charge on any atom is 0.0971 e. The molecule has 0 saturated heterocycles. The van der Waals surface area contributed by atoms with E-state index in [1.54, 1.807) is 6.20 Å². The zero-order valence-corrected chi connectivity index (χ0v) is 9.57. The van der Waals surface area contributed by atoms with E-state index in [0.717, 1.165) is 16.8 Å². The largest absolute Gasteiger partial charge is 0.392 e. The Morgan fingerprint density at radius 3 is 2.69 bits per heavy atom. The fourth-order valence-electron chi connectivity index (χ4n) is 1.35. The van der Waals surface area contributed by atoms with E-state index in [9.17, 15) is 4.39 Å². The molecule has 0 aliphatic rings. The number of aliphatic hydroxyl groups is 1. The lowest BCUT2D eigenvalue weighted by molar-refractivity contribution is 0.281. The van der Waals surface area contributed by atoms with Gasteiger partial charge in [0.1, 0.15) is 0 Å². The second-order valence-corrected chi connectivity index (χ2v) is 3.59. The van der Waals surface area contributed by atoms with E-state index in [1.165, 1.54) is 13.0 Å². The van der Waals surface area contributed by atoms with E-state index in [1.807, 2.05) is 25.1 Å². The van der Waals surface area contributed by atoms with Crippen molar-refractivity contribution in [2.24, 2.45) is 0 Å². The van der Waals surface area contributed by atoms with Crippen LogP contribution in [0.15, 0.2) is 41.9 Å². The number of rotatable bonds is 4. The standard InChI is InChI=1S/C13H16FNO/c1-3-11(6-10(2)14)7-13-5-4-12(9-16)8-15-13/h3-6,8,16H,7,9H2,1-2H3/b10-6+,11-3+. The molecule has 16 heavy (non-hydrogen) atoms. The third-order valence-electron chi connectivity index (χ3n) is 2.21. The number of aromatic nitrogens is 1. The van der Waals surface area contributed by atoms with E-state index in [0.29, 0.717) is 6.42 Å². The quantitative estimate of drug-likeness (QED) is 0.793. The minimum atomic E-state index is -0.208. The number of nitrogens with zero attached hydrogens (tertiary/aromatic N) is 1. The molecule has 0 amide bonds. The van der Waals surface area contributed by atoms with Crippen LogP contribution >= 0.6 is 0 Å². The molecule has 0 aliphatic carbocycles. The summed E-state index contributed by atoms with van der Waals surface area (Å²) in [7, 11) is 0. The summed E-state index contributed by atoms with van der Waals surface area (Å²) in [5, 5.41) is 8.87. The molecule has 0 radical (unpaired) electrons. The fraction of sp³-hybridized carbons (Fsp3) is 0.308. The number of pyridine rings is 1. The number of allylic oxidation sites excluding steroid dienone is 4. The Kier molecular flexibility index (Phi) is 4.86. The molecule has 2 nitrogen and oxygen atoms in total. The maximum absolute atomic E-state index is 12.7. The van der Waals surface area contributed by atoms with Gasteiger partial charge in [-0.15, -0.1) is 0 Å². The minimum Gasteiger partial charge on any atom is -0.392 e. The highest BCUT2D eigenvalue weighted by atomic mass is 19.1. The molecule has 0 saturated carbocycles. The molecule has 0 spiro atoms. The molecule has 86 valence electrons. The van der Waals surface area contributed by atoms with Crippen LogP contribution in [0.2, 0.25) is 0 Å². The molecule has 1 N–H and O–H groups in total. The molecule has 0 fully saturated rings. The lowest BCUT2D eigenvalue weighted by Crippen LogP contribution is -1.94. The Hall–Kier alpha value is -1.48. The number of aliphatic hydroxyl groups excluding tert-OH is 1. The second kappa shape index (κ2) is 6.18. The number of hydrogen-bond donors (Lipinski definition) is 1. The third kappa shape index (κ3) is 3.95. The first-order valence-electron chi connectivity index (χ1n) is 5.19. The molecule has 1 rings (SSSR count). The summed E-state index contributed by atoms with van der Waals surface area (Å²) in [6.07, 6.45) is 5.60. The van der Waals surface area contributed by atoms with Crippen LogP contribution < -0.4 is 0 Å². The van der Waals surface area contributed by atoms with Gasteiger partial charge < -0.3 is 5.11 Å². The average molecular weight is 221 g/mol. The lowest BCUT2D eigenvalue weighted by atomic mass is 10.1. The van der Waals surface area contributed by atoms with Gasteiger partial charge in [-0.3, -0.25) is 4.98 Å². The molecule has 0 atom stereocenters. The highest BCUT2D eigenvalue weighted by molar-refractivity contribution is 5.26. The van der Waals surface area contributed by atoms with Gasteiger partial charge in [-0.25, -0.2) is 4.39 Å². The molecule has 0 aliphatic heterocycles. The van der Waals surface area contributed by atoms with Gasteiger partial charge in [-0.1, -0.05) is 12.1 Å². The highest BCUT2D eigenvalue weighted by Gasteiger charge is 1.99. The normalized spacial score (nSPS) is 13.0. The summed E-state index contributed by atoms with van der Waals surface area (Å²) < 4.78 is 12.7. The molecule has 1 aromatic rings. The maximum atomic E-state index is 12.7. The Balaban J connectivity index is 2.75. The van der Waals surface area contributed by atoms with Gasteiger partial charge in [-0.05, 0) is 37.1 Å². The molecule has 0 aromatic carbocycles. The van der Waals surface area contributed by atoms with Crippen molar-refractivity contribution in [3.05, 3.63) is 53.1 Å². The van der Waals surface area contributed by atoms with Gasteiger partial charge in [-0.2, -0.15) is 0 Å². The zero-order chi connectivity index (χ0) is 12.0. The van der Waals surface area contributed by atoms with Crippen molar-refractivity contribution in [2.75, 3.05) is 0 Å². The highest BCUT2D eigenvalue weighted by Crippen LogP contribution is 2.10. The SMILES string of the molecule is C/C=C(\C=C(/C)F)Cc1ccc(CO)cn1. The van der Waals surface area contributed by atoms with Gasteiger partial charge in [0.15, 0.2) is 0 Å². The molecule has 0 bridgehead atoms. The van der Waals surface area contributed by atoms with Gasteiger partial charge in [0.2, 0.25) is 0 Å². The van der Waals surface area contributed by atoms with Crippen LogP contribution in [0.3, 0.4) is 0 Å². The second-order valence-electron chi connectivity index (χ2n) is 3.59.